The van der Waals surface area contributed by atoms with Crippen LogP contribution in [-0.2, 0) is 6.42 Å². The van der Waals surface area contributed by atoms with Crippen molar-refractivity contribution < 1.29 is 0 Å². The van der Waals surface area contributed by atoms with E-state index in [0.29, 0.717) is 18.2 Å². The van der Waals surface area contributed by atoms with Crippen LogP contribution in [0.1, 0.15) is 5.56 Å². The van der Waals surface area contributed by atoms with Gasteiger partial charge in [-0.25, -0.2) is 9.97 Å². The Labute approximate surface area is 110 Å². The van der Waals surface area contributed by atoms with E-state index in [1.54, 1.807) is 0 Å². The van der Waals surface area contributed by atoms with Gasteiger partial charge in [-0.1, -0.05) is 30.3 Å². The standard InChI is InChI=1S/C14H15N5/c15-7-6-10-8-17-14-11(10)12(16)18-13(19-14)9-4-2-1-3-5-9/h1-5,8H,6-7,15H2,(H3,16,17,18,19). The summed E-state index contributed by atoms with van der Waals surface area (Å²) in [5, 5.41) is 0.880. The lowest BCUT2D eigenvalue weighted by molar-refractivity contribution is 0.976. The van der Waals surface area contributed by atoms with Crippen LogP contribution in [0.5, 0.6) is 0 Å². The number of benzene rings is 1. The lowest BCUT2D eigenvalue weighted by Gasteiger charge is -2.04. The minimum absolute atomic E-state index is 0.494. The average molecular weight is 253 g/mol. The van der Waals surface area contributed by atoms with Crippen molar-refractivity contribution in [2.75, 3.05) is 12.3 Å². The molecule has 0 aliphatic carbocycles. The van der Waals surface area contributed by atoms with Crippen molar-refractivity contribution >= 4 is 16.9 Å². The number of nitrogens with two attached hydrogens (primary N) is 2. The van der Waals surface area contributed by atoms with Gasteiger partial charge in [0, 0.05) is 11.8 Å². The SMILES string of the molecule is NCCc1c[nH]c2nc(-c3ccccc3)nc(N)c12. The van der Waals surface area contributed by atoms with Crippen LogP contribution in [0, 0.1) is 0 Å². The van der Waals surface area contributed by atoms with Gasteiger partial charge in [0.2, 0.25) is 0 Å². The van der Waals surface area contributed by atoms with Gasteiger partial charge in [0.25, 0.3) is 0 Å². The zero-order chi connectivity index (χ0) is 13.2. The van der Waals surface area contributed by atoms with Gasteiger partial charge in [-0.15, -0.1) is 0 Å². The van der Waals surface area contributed by atoms with Gasteiger partial charge in [-0.05, 0) is 18.5 Å². The molecular weight excluding hydrogens is 238 g/mol. The molecule has 5 nitrogen and oxygen atoms in total. The van der Waals surface area contributed by atoms with Crippen LogP contribution in [0.3, 0.4) is 0 Å². The van der Waals surface area contributed by atoms with Crippen LogP contribution >= 0.6 is 0 Å². The van der Waals surface area contributed by atoms with Crippen molar-refractivity contribution in [3.63, 3.8) is 0 Å². The van der Waals surface area contributed by atoms with Gasteiger partial charge in [-0.2, -0.15) is 0 Å². The third-order valence-electron chi connectivity index (χ3n) is 3.09. The largest absolute Gasteiger partial charge is 0.383 e. The number of H-pyrrole nitrogens is 1. The van der Waals surface area contributed by atoms with Crippen molar-refractivity contribution in [2.45, 2.75) is 6.42 Å². The molecule has 1 aromatic carbocycles. The fraction of sp³-hybridized carbons (Fsp3) is 0.143. The summed E-state index contributed by atoms with van der Waals surface area (Å²) in [5.41, 5.74) is 14.4. The minimum atomic E-state index is 0.494. The normalized spacial score (nSPS) is 11.0. The topological polar surface area (TPSA) is 93.6 Å². The van der Waals surface area contributed by atoms with E-state index in [1.807, 2.05) is 36.5 Å². The van der Waals surface area contributed by atoms with Gasteiger partial charge >= 0.3 is 0 Å². The van der Waals surface area contributed by atoms with E-state index < -0.39 is 0 Å². The lowest BCUT2D eigenvalue weighted by Crippen LogP contribution is -2.03. The molecule has 0 radical (unpaired) electrons. The minimum Gasteiger partial charge on any atom is -0.383 e. The third kappa shape index (κ3) is 2.04. The van der Waals surface area contributed by atoms with Crippen LogP contribution in [-0.4, -0.2) is 21.5 Å². The van der Waals surface area contributed by atoms with Gasteiger partial charge < -0.3 is 16.5 Å². The maximum Gasteiger partial charge on any atom is 0.163 e. The molecule has 2 aromatic heterocycles. The summed E-state index contributed by atoms with van der Waals surface area (Å²) >= 11 is 0. The van der Waals surface area contributed by atoms with Crippen LogP contribution in [0.25, 0.3) is 22.4 Å². The number of anilines is 1. The van der Waals surface area contributed by atoms with E-state index in [0.717, 1.165) is 28.6 Å². The van der Waals surface area contributed by atoms with Crippen molar-refractivity contribution in [3.05, 3.63) is 42.1 Å². The molecule has 0 saturated heterocycles. The molecular formula is C14H15N5. The fourth-order valence-corrected chi connectivity index (χ4v) is 2.20. The summed E-state index contributed by atoms with van der Waals surface area (Å²) < 4.78 is 0. The average Bonchev–Trinajstić information content (AvgIpc) is 2.84. The van der Waals surface area contributed by atoms with E-state index in [9.17, 15) is 0 Å². The summed E-state index contributed by atoms with van der Waals surface area (Å²) in [6.45, 7) is 0.576. The Morgan fingerprint density at radius 1 is 1.11 bits per heavy atom. The van der Waals surface area contributed by atoms with Gasteiger partial charge in [-0.3, -0.25) is 0 Å². The highest BCUT2D eigenvalue weighted by Crippen LogP contribution is 2.25. The molecule has 0 aliphatic rings. The predicted octanol–water partition coefficient (Wildman–Crippen LogP) is 1.71. The number of fused-ring (bicyclic) bond motifs is 1. The Morgan fingerprint density at radius 3 is 2.63 bits per heavy atom. The molecule has 3 aromatic rings. The smallest absolute Gasteiger partial charge is 0.163 e. The molecule has 0 aliphatic heterocycles. The molecule has 0 fully saturated rings. The van der Waals surface area contributed by atoms with Crippen LogP contribution in [0.2, 0.25) is 0 Å². The maximum absolute atomic E-state index is 6.06. The second-order valence-corrected chi connectivity index (χ2v) is 4.37. The number of nitrogens with zero attached hydrogens (tertiary/aromatic N) is 2. The molecule has 2 heterocycles. The van der Waals surface area contributed by atoms with E-state index in [2.05, 4.69) is 15.0 Å². The van der Waals surface area contributed by atoms with E-state index in [4.69, 9.17) is 11.5 Å². The number of hydrogen-bond donors (Lipinski definition) is 3. The highest BCUT2D eigenvalue weighted by molar-refractivity contribution is 5.90. The molecule has 0 amide bonds. The Hall–Kier alpha value is -2.40. The van der Waals surface area contributed by atoms with Gasteiger partial charge in [0.05, 0.1) is 5.39 Å². The molecule has 19 heavy (non-hydrogen) atoms. The number of aromatic amines is 1. The van der Waals surface area contributed by atoms with Crippen LogP contribution in [0.15, 0.2) is 36.5 Å². The number of nitrogens with one attached hydrogen (secondary N) is 1. The van der Waals surface area contributed by atoms with Crippen LogP contribution < -0.4 is 11.5 Å². The van der Waals surface area contributed by atoms with Crippen molar-refractivity contribution in [1.82, 2.24) is 15.0 Å². The molecule has 0 unspecified atom stereocenters. The summed E-state index contributed by atoms with van der Waals surface area (Å²) in [6.07, 6.45) is 2.66. The summed E-state index contributed by atoms with van der Waals surface area (Å²) in [6, 6.07) is 9.79. The molecule has 5 heteroatoms. The van der Waals surface area contributed by atoms with Crippen molar-refractivity contribution in [3.8, 4) is 11.4 Å². The quantitative estimate of drug-likeness (QED) is 0.662. The number of nitrogen functional groups attached to an aromatic ring is 1. The second kappa shape index (κ2) is 4.70. The van der Waals surface area contributed by atoms with E-state index >= 15 is 0 Å². The Balaban J connectivity index is 2.16. The first-order valence-electron chi connectivity index (χ1n) is 6.18. The Bertz CT molecular complexity index is 702. The molecule has 5 N–H and O–H groups in total. The van der Waals surface area contributed by atoms with Crippen LogP contribution in [0.4, 0.5) is 5.82 Å². The molecule has 0 saturated carbocycles. The highest BCUT2D eigenvalue weighted by atomic mass is 15.0. The summed E-state index contributed by atoms with van der Waals surface area (Å²) in [4.78, 5) is 12.1. The lowest BCUT2D eigenvalue weighted by atomic mass is 10.1. The summed E-state index contributed by atoms with van der Waals surface area (Å²) in [7, 11) is 0. The Morgan fingerprint density at radius 2 is 1.89 bits per heavy atom. The van der Waals surface area contributed by atoms with Crippen molar-refractivity contribution in [1.29, 1.82) is 0 Å². The Kier molecular flexibility index (Phi) is 2.89. The molecule has 0 spiro atoms. The zero-order valence-corrected chi connectivity index (χ0v) is 10.4. The molecule has 0 atom stereocenters. The maximum atomic E-state index is 6.06. The van der Waals surface area contributed by atoms with E-state index in [-0.39, 0.29) is 0 Å². The molecule has 0 bridgehead atoms. The van der Waals surface area contributed by atoms with Crippen molar-refractivity contribution in [2.24, 2.45) is 5.73 Å². The number of aromatic nitrogens is 3. The third-order valence-corrected chi connectivity index (χ3v) is 3.09. The predicted molar refractivity (Wildman–Crippen MR) is 76.5 cm³/mol. The molecule has 3 rings (SSSR count). The first-order chi connectivity index (χ1) is 9.29. The highest BCUT2D eigenvalue weighted by Gasteiger charge is 2.12. The zero-order valence-electron chi connectivity index (χ0n) is 10.4. The number of rotatable bonds is 3. The monoisotopic (exact) mass is 253 g/mol. The first-order valence-corrected chi connectivity index (χ1v) is 6.18. The first kappa shape index (κ1) is 11.7. The summed E-state index contributed by atoms with van der Waals surface area (Å²) in [5.74, 6) is 1.13. The van der Waals surface area contributed by atoms with Gasteiger partial charge in [0.1, 0.15) is 11.5 Å². The fourth-order valence-electron chi connectivity index (χ4n) is 2.20. The van der Waals surface area contributed by atoms with E-state index in [1.165, 1.54) is 0 Å². The number of hydrogen-bond acceptors (Lipinski definition) is 4. The second-order valence-electron chi connectivity index (χ2n) is 4.37. The molecule has 96 valence electrons. The van der Waals surface area contributed by atoms with Gasteiger partial charge in [0.15, 0.2) is 5.82 Å².